The van der Waals surface area contributed by atoms with Crippen LogP contribution in [0.3, 0.4) is 0 Å². The molecule has 0 radical (unpaired) electrons. The van der Waals surface area contributed by atoms with Crippen LogP contribution in [0.5, 0.6) is 0 Å². The number of hydrogen-bond donors (Lipinski definition) is 2. The monoisotopic (exact) mass is 376 g/mol. The molecule has 1 aliphatic rings. The van der Waals surface area contributed by atoms with Crippen molar-refractivity contribution in [1.29, 1.82) is 0 Å². The summed E-state index contributed by atoms with van der Waals surface area (Å²) in [7, 11) is 0. The Hall–Kier alpha value is -3.22. The molecule has 2 N–H and O–H groups in total. The topological polar surface area (TPSA) is 84.7 Å². The van der Waals surface area contributed by atoms with E-state index in [0.29, 0.717) is 6.04 Å². The van der Waals surface area contributed by atoms with Crippen LogP contribution in [0, 0.1) is 0 Å². The standard InChI is InChI=1S/C21H24N6O/c1-15(10-11-16-6-3-2-4-7-16)22-21(28)23-18-9-5-8-17(14-18)20-24-25-26-27(20)19-12-13-19/h2-9,14-15,19H,10-13H2,1H3,(H2,22,23,28)/t15-/m0/s1. The highest BCUT2D eigenvalue weighted by Crippen LogP contribution is 2.36. The second-order valence-electron chi connectivity index (χ2n) is 7.28. The molecule has 0 unspecified atom stereocenters. The highest BCUT2D eigenvalue weighted by atomic mass is 16.2. The van der Waals surface area contributed by atoms with Crippen LogP contribution >= 0.6 is 0 Å². The third-order valence-electron chi connectivity index (χ3n) is 4.85. The fraction of sp³-hybridized carbons (Fsp3) is 0.333. The largest absolute Gasteiger partial charge is 0.335 e. The highest BCUT2D eigenvalue weighted by molar-refractivity contribution is 5.90. The molecular weight excluding hydrogens is 352 g/mol. The SMILES string of the molecule is C[C@@H](CCc1ccccc1)NC(=O)Nc1cccc(-c2nnnn2C2CC2)c1. The number of anilines is 1. The lowest BCUT2D eigenvalue weighted by Gasteiger charge is -2.15. The first-order valence-electron chi connectivity index (χ1n) is 9.69. The number of urea groups is 1. The highest BCUT2D eigenvalue weighted by Gasteiger charge is 2.28. The molecule has 1 aliphatic carbocycles. The Morgan fingerprint density at radius 3 is 2.79 bits per heavy atom. The van der Waals surface area contributed by atoms with E-state index in [1.807, 2.05) is 54.1 Å². The lowest BCUT2D eigenvalue weighted by molar-refractivity contribution is 0.248. The van der Waals surface area contributed by atoms with Crippen LogP contribution in [0.1, 0.15) is 37.8 Å². The van der Waals surface area contributed by atoms with E-state index in [-0.39, 0.29) is 12.1 Å². The van der Waals surface area contributed by atoms with Gasteiger partial charge in [-0.25, -0.2) is 9.48 Å². The predicted molar refractivity (Wildman–Crippen MR) is 108 cm³/mol. The van der Waals surface area contributed by atoms with Gasteiger partial charge in [0.15, 0.2) is 5.82 Å². The first kappa shape index (κ1) is 18.2. The van der Waals surface area contributed by atoms with Gasteiger partial charge in [0.05, 0.1) is 6.04 Å². The van der Waals surface area contributed by atoms with Crippen LogP contribution in [0.25, 0.3) is 11.4 Å². The van der Waals surface area contributed by atoms with E-state index in [1.165, 1.54) is 5.56 Å². The van der Waals surface area contributed by atoms with Gasteiger partial charge in [0, 0.05) is 17.3 Å². The van der Waals surface area contributed by atoms with Crippen LogP contribution in [-0.2, 0) is 6.42 Å². The Morgan fingerprint density at radius 1 is 1.18 bits per heavy atom. The summed E-state index contributed by atoms with van der Waals surface area (Å²) in [5, 5.41) is 17.9. The first-order valence-corrected chi connectivity index (χ1v) is 9.69. The van der Waals surface area contributed by atoms with Gasteiger partial charge in [-0.3, -0.25) is 0 Å². The maximum Gasteiger partial charge on any atom is 0.319 e. The molecule has 1 atom stereocenters. The van der Waals surface area contributed by atoms with Gasteiger partial charge in [0.2, 0.25) is 0 Å². The molecule has 1 aromatic heterocycles. The normalized spacial score (nSPS) is 14.5. The molecule has 1 saturated carbocycles. The molecule has 1 heterocycles. The summed E-state index contributed by atoms with van der Waals surface area (Å²) in [5.74, 6) is 0.739. The lowest BCUT2D eigenvalue weighted by Crippen LogP contribution is -2.36. The minimum absolute atomic E-state index is 0.0746. The zero-order valence-corrected chi connectivity index (χ0v) is 15.9. The minimum Gasteiger partial charge on any atom is -0.335 e. The Labute approximate surface area is 164 Å². The summed E-state index contributed by atoms with van der Waals surface area (Å²) >= 11 is 0. The summed E-state index contributed by atoms with van der Waals surface area (Å²) in [4.78, 5) is 12.3. The summed E-state index contributed by atoms with van der Waals surface area (Å²) in [6.45, 7) is 2.02. The van der Waals surface area contributed by atoms with Crippen molar-refractivity contribution in [3.63, 3.8) is 0 Å². The Balaban J connectivity index is 1.33. The van der Waals surface area contributed by atoms with Crippen molar-refractivity contribution in [3.05, 3.63) is 60.2 Å². The molecule has 7 nitrogen and oxygen atoms in total. The van der Waals surface area contributed by atoms with E-state index < -0.39 is 0 Å². The maximum absolute atomic E-state index is 12.3. The number of nitrogens with one attached hydrogen (secondary N) is 2. The average molecular weight is 376 g/mol. The maximum atomic E-state index is 12.3. The number of carbonyl (C=O) groups is 1. The molecule has 0 aliphatic heterocycles. The number of amides is 2. The molecule has 144 valence electrons. The van der Waals surface area contributed by atoms with E-state index in [1.54, 1.807) is 0 Å². The minimum atomic E-state index is -0.209. The van der Waals surface area contributed by atoms with Crippen LogP contribution in [0.4, 0.5) is 10.5 Å². The van der Waals surface area contributed by atoms with Gasteiger partial charge in [-0.15, -0.1) is 5.10 Å². The van der Waals surface area contributed by atoms with Crippen molar-refractivity contribution in [3.8, 4) is 11.4 Å². The molecule has 0 saturated heterocycles. The Bertz CT molecular complexity index is 935. The molecule has 2 aromatic carbocycles. The number of aryl methyl sites for hydroxylation is 1. The zero-order valence-electron chi connectivity index (χ0n) is 15.9. The molecule has 4 rings (SSSR count). The molecule has 2 amide bonds. The first-order chi connectivity index (χ1) is 13.7. The van der Waals surface area contributed by atoms with Gasteiger partial charge in [-0.1, -0.05) is 42.5 Å². The molecule has 3 aromatic rings. The second kappa shape index (κ2) is 8.21. The fourth-order valence-corrected chi connectivity index (χ4v) is 3.18. The van der Waals surface area contributed by atoms with Gasteiger partial charge < -0.3 is 10.6 Å². The molecule has 7 heteroatoms. The number of carbonyl (C=O) groups excluding carboxylic acids is 1. The number of benzene rings is 2. The average Bonchev–Trinajstić information content (AvgIpc) is 3.43. The lowest BCUT2D eigenvalue weighted by atomic mass is 10.1. The zero-order chi connectivity index (χ0) is 19.3. The Morgan fingerprint density at radius 2 is 2.00 bits per heavy atom. The van der Waals surface area contributed by atoms with Gasteiger partial charge >= 0.3 is 6.03 Å². The van der Waals surface area contributed by atoms with Crippen molar-refractivity contribution in [1.82, 2.24) is 25.5 Å². The van der Waals surface area contributed by atoms with E-state index in [0.717, 1.165) is 42.8 Å². The van der Waals surface area contributed by atoms with Crippen molar-refractivity contribution in [2.24, 2.45) is 0 Å². The Kier molecular flexibility index (Phi) is 5.32. The van der Waals surface area contributed by atoms with Crippen molar-refractivity contribution >= 4 is 11.7 Å². The van der Waals surface area contributed by atoms with Crippen molar-refractivity contribution < 1.29 is 4.79 Å². The number of hydrogen-bond acceptors (Lipinski definition) is 4. The van der Waals surface area contributed by atoms with Gasteiger partial charge in [-0.05, 0) is 60.7 Å². The molecule has 28 heavy (non-hydrogen) atoms. The van der Waals surface area contributed by atoms with E-state index in [4.69, 9.17) is 0 Å². The van der Waals surface area contributed by atoms with Crippen LogP contribution in [0.2, 0.25) is 0 Å². The number of tetrazole rings is 1. The molecule has 0 bridgehead atoms. The molecular formula is C21H24N6O. The van der Waals surface area contributed by atoms with Gasteiger partial charge in [0.1, 0.15) is 0 Å². The van der Waals surface area contributed by atoms with E-state index in [9.17, 15) is 4.79 Å². The van der Waals surface area contributed by atoms with E-state index >= 15 is 0 Å². The smallest absolute Gasteiger partial charge is 0.319 e. The summed E-state index contributed by atoms with van der Waals surface area (Å²) in [6, 6.07) is 18.2. The number of rotatable bonds is 7. The number of nitrogens with zero attached hydrogens (tertiary/aromatic N) is 4. The van der Waals surface area contributed by atoms with Crippen molar-refractivity contribution in [2.75, 3.05) is 5.32 Å². The molecule has 1 fully saturated rings. The van der Waals surface area contributed by atoms with Crippen molar-refractivity contribution in [2.45, 2.75) is 44.7 Å². The summed E-state index contributed by atoms with van der Waals surface area (Å²) < 4.78 is 1.87. The van der Waals surface area contributed by atoms with Gasteiger partial charge in [-0.2, -0.15) is 0 Å². The quantitative estimate of drug-likeness (QED) is 0.656. The molecule has 0 spiro atoms. The number of aromatic nitrogens is 4. The van der Waals surface area contributed by atoms with E-state index in [2.05, 4.69) is 38.3 Å². The summed E-state index contributed by atoms with van der Waals surface area (Å²) in [5.41, 5.74) is 2.89. The second-order valence-corrected chi connectivity index (χ2v) is 7.28. The predicted octanol–water partition coefficient (Wildman–Crippen LogP) is 3.82. The fourth-order valence-electron chi connectivity index (χ4n) is 3.18. The third kappa shape index (κ3) is 4.54. The summed E-state index contributed by atoms with van der Waals surface area (Å²) in [6.07, 6.45) is 4.04. The third-order valence-corrected chi connectivity index (χ3v) is 4.85. The van der Waals surface area contributed by atoms with Crippen LogP contribution in [-0.4, -0.2) is 32.3 Å². The van der Waals surface area contributed by atoms with Gasteiger partial charge in [0.25, 0.3) is 0 Å². The van der Waals surface area contributed by atoms with Crippen LogP contribution < -0.4 is 10.6 Å². The van der Waals surface area contributed by atoms with Crippen LogP contribution in [0.15, 0.2) is 54.6 Å².